The smallest absolute Gasteiger partial charge is 0.200 e. The Morgan fingerprint density at radius 2 is 1.67 bits per heavy atom. The van der Waals surface area contributed by atoms with Gasteiger partial charge in [0, 0.05) is 10.00 Å². The highest BCUT2D eigenvalue weighted by Crippen LogP contribution is 2.78. The molecular weight excluding hydrogens is 382 g/mol. The van der Waals surface area contributed by atoms with Gasteiger partial charge in [-0.3, -0.25) is 0 Å². The van der Waals surface area contributed by atoms with Gasteiger partial charge in [-0.2, -0.15) is 10.5 Å². The molecule has 8 heteroatoms. The Bertz CT molecular complexity index is 681. The summed E-state index contributed by atoms with van der Waals surface area (Å²) in [5.74, 6) is -8.79. The fourth-order valence-electron chi connectivity index (χ4n) is 3.43. The molecule has 2 unspecified atom stereocenters. The molecule has 1 aromatic carbocycles. The normalized spacial score (nSPS) is 35.2. The van der Waals surface area contributed by atoms with Crippen LogP contribution in [0.2, 0.25) is 0 Å². The van der Waals surface area contributed by atoms with Gasteiger partial charge in [-0.15, -0.1) is 11.4 Å². The van der Waals surface area contributed by atoms with Gasteiger partial charge in [0.2, 0.25) is 5.82 Å². The first-order chi connectivity index (χ1) is 11.2. The lowest BCUT2D eigenvalue weighted by Gasteiger charge is -2.42. The molecule has 5 atom stereocenters. The zero-order chi connectivity index (χ0) is 17.8. The lowest BCUT2D eigenvalue weighted by Crippen LogP contribution is -2.38. The van der Waals surface area contributed by atoms with Gasteiger partial charge < -0.3 is 0 Å². The third kappa shape index (κ3) is 2.80. The predicted octanol–water partition coefficient (Wildman–Crippen LogP) is 6.50. The average Bonchev–Trinajstić information content (AvgIpc) is 2.88. The number of allylic oxidation sites excluding steroid dienone is 1. The van der Waals surface area contributed by atoms with Crippen LogP contribution >= 0.6 is 28.9 Å². The van der Waals surface area contributed by atoms with E-state index in [-0.39, 0.29) is 22.9 Å². The van der Waals surface area contributed by atoms with Crippen molar-refractivity contribution in [1.29, 1.82) is 0 Å². The predicted molar refractivity (Wildman–Crippen MR) is 93.7 cm³/mol. The molecule has 2 aliphatic rings. The number of thiol groups is 1. The van der Waals surface area contributed by atoms with Gasteiger partial charge in [-0.1, -0.05) is 12.2 Å². The number of hydrogen-bond donors (Lipinski definition) is 1. The number of halogens is 5. The first-order valence-electron chi connectivity index (χ1n) is 7.57. The highest BCUT2D eigenvalue weighted by atomic mass is 33.1. The van der Waals surface area contributed by atoms with Crippen molar-refractivity contribution >= 4 is 28.9 Å². The van der Waals surface area contributed by atoms with Crippen molar-refractivity contribution in [1.82, 2.24) is 0 Å². The number of rotatable bonds is 2. The monoisotopic (exact) mass is 400 g/mol. The minimum atomic E-state index is -2.08. The molecule has 0 radical (unpaired) electrons. The van der Waals surface area contributed by atoms with Gasteiger partial charge in [-0.05, 0) is 46.0 Å². The van der Waals surface area contributed by atoms with E-state index in [0.717, 1.165) is 18.4 Å². The van der Waals surface area contributed by atoms with Crippen molar-refractivity contribution in [3.05, 3.63) is 41.2 Å². The largest absolute Gasteiger partial charge is 0.202 e. The van der Waals surface area contributed by atoms with Gasteiger partial charge in [0.05, 0.1) is 4.90 Å². The summed E-state index contributed by atoms with van der Waals surface area (Å²) in [6.07, 6.45) is 2.54. The van der Waals surface area contributed by atoms with E-state index in [1.165, 1.54) is 0 Å². The van der Waals surface area contributed by atoms with Crippen LogP contribution in [0, 0.1) is 35.0 Å². The summed E-state index contributed by atoms with van der Waals surface area (Å²) in [5, 5.41) is -0.0560. The van der Waals surface area contributed by atoms with E-state index < -0.39 is 44.5 Å². The second-order valence-corrected chi connectivity index (χ2v) is 14.0. The van der Waals surface area contributed by atoms with Crippen LogP contribution in [0.3, 0.4) is 0 Å². The van der Waals surface area contributed by atoms with Gasteiger partial charge in [0.25, 0.3) is 0 Å². The molecule has 1 aromatic rings. The Morgan fingerprint density at radius 3 is 2.21 bits per heavy atom. The van der Waals surface area contributed by atoms with E-state index in [2.05, 4.69) is 13.5 Å². The maximum Gasteiger partial charge on any atom is 0.200 e. The number of hydrogen-bond acceptors (Lipinski definition) is 1. The molecule has 1 heterocycles. The summed E-state index contributed by atoms with van der Waals surface area (Å²) >= 11 is 1.63. The molecule has 24 heavy (non-hydrogen) atoms. The first-order valence-corrected chi connectivity index (χ1v) is 12.4. The van der Waals surface area contributed by atoms with Crippen molar-refractivity contribution in [3.63, 3.8) is 0 Å². The molecule has 1 saturated heterocycles. The zero-order valence-corrected chi connectivity index (χ0v) is 15.9. The molecule has 134 valence electrons. The molecule has 1 aliphatic carbocycles. The molecule has 0 amide bonds. The zero-order valence-electron chi connectivity index (χ0n) is 13.2. The average molecular weight is 400 g/mol. The van der Waals surface area contributed by atoms with E-state index in [4.69, 9.17) is 0 Å². The standard InChI is InChI=1S/C16H18F5PS2/c1-7(2)8-4-5-16(3)9(6-8)24(22-23-16)15-13(20)11(18)10(17)12(19)14(15)21/h8-9,22,24H,1,4-6H2,2-3H3/t8-,9+,16+/m0/s1. The van der Waals surface area contributed by atoms with Crippen LogP contribution < -0.4 is 0 Å². The maximum absolute atomic E-state index is 14.3. The van der Waals surface area contributed by atoms with Crippen molar-refractivity contribution in [3.8, 4) is 0 Å². The van der Waals surface area contributed by atoms with Crippen molar-refractivity contribution < 1.29 is 22.0 Å². The Hall–Kier alpha value is -0.260. The van der Waals surface area contributed by atoms with Crippen LogP contribution in [-0.4, -0.2) is 10.00 Å². The molecule has 0 spiro atoms. The molecule has 1 saturated carbocycles. The summed E-state index contributed by atoms with van der Waals surface area (Å²) in [4.78, 5) is -0.566. The lowest BCUT2D eigenvalue weighted by atomic mass is 9.79. The maximum atomic E-state index is 14.3. The molecule has 1 aliphatic heterocycles. The summed E-state index contributed by atoms with van der Waals surface area (Å²) in [6, 6.07) is 0. The molecule has 3 rings (SSSR count). The molecule has 0 bridgehead atoms. The van der Waals surface area contributed by atoms with E-state index in [1.807, 2.05) is 6.92 Å². The van der Waals surface area contributed by atoms with Gasteiger partial charge in [0.1, 0.15) is 0 Å². The Morgan fingerprint density at radius 1 is 1.12 bits per heavy atom. The van der Waals surface area contributed by atoms with Gasteiger partial charge in [0.15, 0.2) is 23.3 Å². The van der Waals surface area contributed by atoms with E-state index in [9.17, 15) is 22.0 Å². The number of fused-ring (bicyclic) bond motifs is 1. The SMILES string of the molecule is C=C(C)[C@H]1CC[C@@]2(C)SP[SH](c3c(F)c(F)c(F)c(F)c3F)[C@@H]2C1. The third-order valence-corrected chi connectivity index (χ3v) is 15.2. The molecule has 0 aromatic heterocycles. The first kappa shape index (κ1) is 18.5. The van der Waals surface area contributed by atoms with Crippen LogP contribution in [0.1, 0.15) is 33.1 Å². The fraction of sp³-hybridized carbons (Fsp3) is 0.500. The second kappa shape index (κ2) is 6.48. The van der Waals surface area contributed by atoms with Crippen molar-refractivity contribution in [2.45, 2.75) is 48.0 Å². The summed E-state index contributed by atoms with van der Waals surface area (Å²) in [6.45, 7) is 8.10. The van der Waals surface area contributed by atoms with E-state index in [0.29, 0.717) is 6.42 Å². The minimum Gasteiger partial charge on any atom is -0.202 e. The fourth-order valence-corrected chi connectivity index (χ4v) is 16.3. The summed E-state index contributed by atoms with van der Waals surface area (Å²) in [7, 11) is -1.43. The van der Waals surface area contributed by atoms with Crippen molar-refractivity contribution in [2.75, 3.05) is 0 Å². The van der Waals surface area contributed by atoms with E-state index >= 15 is 0 Å². The Labute approximate surface area is 146 Å². The summed E-state index contributed by atoms with van der Waals surface area (Å²) < 4.78 is 68.9. The molecular formula is C16H18F5PS2. The minimum absolute atomic E-state index is 0.0560. The molecule has 2 fully saturated rings. The number of benzene rings is 1. The lowest BCUT2D eigenvalue weighted by molar-refractivity contribution is 0.352. The van der Waals surface area contributed by atoms with Crippen LogP contribution in [-0.2, 0) is 0 Å². The van der Waals surface area contributed by atoms with Crippen molar-refractivity contribution in [2.24, 2.45) is 5.92 Å². The quantitative estimate of drug-likeness (QED) is 0.148. The van der Waals surface area contributed by atoms with Gasteiger partial charge >= 0.3 is 0 Å². The van der Waals surface area contributed by atoms with E-state index in [1.54, 1.807) is 11.4 Å². The molecule has 0 nitrogen and oxygen atoms in total. The third-order valence-electron chi connectivity index (χ3n) is 5.02. The summed E-state index contributed by atoms with van der Waals surface area (Å²) in [5.41, 5.74) is 1.02. The molecule has 0 N–H and O–H groups in total. The second-order valence-electron chi connectivity index (χ2n) is 6.63. The van der Waals surface area contributed by atoms with Crippen LogP contribution in [0.4, 0.5) is 22.0 Å². The topological polar surface area (TPSA) is 0 Å². The van der Waals surface area contributed by atoms with Crippen LogP contribution in [0.25, 0.3) is 0 Å². The Balaban J connectivity index is 2.06. The highest BCUT2D eigenvalue weighted by Gasteiger charge is 2.50. The van der Waals surface area contributed by atoms with Crippen LogP contribution in [0.5, 0.6) is 0 Å². The highest BCUT2D eigenvalue weighted by molar-refractivity contribution is 8.90. The van der Waals surface area contributed by atoms with Crippen LogP contribution in [0.15, 0.2) is 17.0 Å². The van der Waals surface area contributed by atoms with Gasteiger partial charge in [-0.25, -0.2) is 22.0 Å². The Kier molecular flexibility index (Phi) is 5.00.